The molecule has 2 aromatic heterocycles. The highest BCUT2D eigenvalue weighted by Crippen LogP contribution is 2.30. The van der Waals surface area contributed by atoms with E-state index in [1.54, 1.807) is 7.05 Å². The topological polar surface area (TPSA) is 131 Å². The molecule has 2 heterocycles. The number of H-pyrrole nitrogens is 1. The lowest BCUT2D eigenvalue weighted by molar-refractivity contribution is -0.148. The number of aryl methyl sites for hydroxylation is 1. The Morgan fingerprint density at radius 3 is 2.59 bits per heavy atom. The molecule has 0 unspecified atom stereocenters. The lowest BCUT2D eigenvalue weighted by Crippen LogP contribution is -2.38. The molecule has 0 aliphatic rings. The van der Waals surface area contributed by atoms with E-state index in [4.69, 9.17) is 16.3 Å². The Bertz CT molecular complexity index is 1300. The van der Waals surface area contributed by atoms with E-state index in [1.165, 1.54) is 0 Å². The number of imidazole rings is 1. The summed E-state index contributed by atoms with van der Waals surface area (Å²) >= 11 is 6.49. The number of hydrogen-bond acceptors (Lipinski definition) is 8. The van der Waals surface area contributed by atoms with E-state index in [2.05, 4.69) is 62.1 Å². The molecule has 2 aromatic carbocycles. The SMILES string of the molecule is CCCCc1nc(Cl)c(COC(=O)[C@@H](CO)NC)n1Cc1ccc(-c2ccccc2-c2nn[nH]n2)cc1. The molecule has 4 rings (SSSR count). The van der Waals surface area contributed by atoms with Crippen LogP contribution in [0.25, 0.3) is 22.5 Å². The van der Waals surface area contributed by atoms with Gasteiger partial charge in [0, 0.05) is 18.5 Å². The summed E-state index contributed by atoms with van der Waals surface area (Å²) in [4.78, 5) is 16.9. The van der Waals surface area contributed by atoms with Crippen molar-refractivity contribution in [2.45, 2.75) is 45.4 Å². The van der Waals surface area contributed by atoms with Crippen LogP contribution in [0.15, 0.2) is 48.5 Å². The highest BCUT2D eigenvalue weighted by Gasteiger charge is 2.21. The Balaban J connectivity index is 1.58. The highest BCUT2D eigenvalue weighted by molar-refractivity contribution is 6.30. The van der Waals surface area contributed by atoms with Crippen LogP contribution in [0.5, 0.6) is 0 Å². The second-order valence-corrected chi connectivity index (χ2v) is 8.92. The van der Waals surface area contributed by atoms with Crippen LogP contribution in [-0.4, -0.2) is 60.9 Å². The van der Waals surface area contributed by atoms with Gasteiger partial charge in [-0.05, 0) is 35.4 Å². The number of likely N-dealkylation sites (N-methyl/N-ethyl adjacent to an activating group) is 1. The quantitative estimate of drug-likeness (QED) is 0.241. The first-order chi connectivity index (χ1) is 18.0. The third-order valence-corrected chi connectivity index (χ3v) is 6.44. The van der Waals surface area contributed by atoms with Crippen LogP contribution in [0.1, 0.15) is 36.8 Å². The molecule has 11 heteroatoms. The first kappa shape index (κ1) is 26.5. The molecule has 4 aromatic rings. The van der Waals surface area contributed by atoms with Gasteiger partial charge in [-0.1, -0.05) is 73.5 Å². The fourth-order valence-corrected chi connectivity index (χ4v) is 4.31. The number of aromatic amines is 1. The van der Waals surface area contributed by atoms with Gasteiger partial charge in [0.15, 0.2) is 5.15 Å². The number of nitrogens with zero attached hydrogens (tertiary/aromatic N) is 5. The molecule has 0 radical (unpaired) electrons. The predicted octanol–water partition coefficient (Wildman–Crippen LogP) is 3.40. The van der Waals surface area contributed by atoms with Crippen LogP contribution in [0, 0.1) is 0 Å². The van der Waals surface area contributed by atoms with Crippen molar-refractivity contribution >= 4 is 17.6 Å². The van der Waals surface area contributed by atoms with Gasteiger partial charge in [0.25, 0.3) is 0 Å². The van der Waals surface area contributed by atoms with Crippen LogP contribution in [-0.2, 0) is 29.1 Å². The molecule has 0 saturated carbocycles. The second kappa shape index (κ2) is 12.6. The number of aliphatic hydroxyl groups is 1. The molecular formula is C26H30ClN7O3. The van der Waals surface area contributed by atoms with Gasteiger partial charge in [0.2, 0.25) is 5.82 Å². The molecule has 3 N–H and O–H groups in total. The standard InChI is InChI=1S/C26H30ClN7O3/c1-3-4-9-23-29-24(27)22(16-37-26(36)21(15-35)28-2)34(23)14-17-10-12-18(13-11-17)19-7-5-6-8-20(19)25-30-32-33-31-25/h5-8,10-13,21,28,35H,3-4,9,14-16H2,1-2H3,(H,30,31,32,33)/t21-/m1/s1. The van der Waals surface area contributed by atoms with E-state index in [9.17, 15) is 9.90 Å². The van der Waals surface area contributed by atoms with Gasteiger partial charge in [0.1, 0.15) is 18.5 Å². The van der Waals surface area contributed by atoms with E-state index < -0.39 is 12.0 Å². The van der Waals surface area contributed by atoms with Crippen LogP contribution in [0.3, 0.4) is 0 Å². The fourth-order valence-electron chi connectivity index (χ4n) is 4.06. The van der Waals surface area contributed by atoms with E-state index in [-0.39, 0.29) is 13.2 Å². The zero-order chi connectivity index (χ0) is 26.2. The summed E-state index contributed by atoms with van der Waals surface area (Å²) < 4.78 is 7.46. The number of ether oxygens (including phenoxy) is 1. The maximum atomic E-state index is 12.3. The molecule has 0 bridgehead atoms. The van der Waals surface area contributed by atoms with Crippen molar-refractivity contribution in [3.63, 3.8) is 0 Å². The second-order valence-electron chi connectivity index (χ2n) is 8.56. The number of rotatable bonds is 12. The van der Waals surface area contributed by atoms with Crippen LogP contribution in [0.2, 0.25) is 5.15 Å². The minimum atomic E-state index is -0.794. The maximum Gasteiger partial charge on any atom is 0.325 e. The molecule has 0 amide bonds. The Labute approximate surface area is 220 Å². The molecule has 1 atom stereocenters. The van der Waals surface area contributed by atoms with E-state index in [0.717, 1.165) is 47.3 Å². The number of hydrogen-bond donors (Lipinski definition) is 3. The number of nitrogens with one attached hydrogen (secondary N) is 2. The highest BCUT2D eigenvalue weighted by atomic mass is 35.5. The molecule has 0 aliphatic heterocycles. The largest absolute Gasteiger partial charge is 0.458 e. The first-order valence-corrected chi connectivity index (χ1v) is 12.5. The number of tetrazole rings is 1. The summed E-state index contributed by atoms with van der Waals surface area (Å²) in [5.74, 6) is 0.833. The Morgan fingerprint density at radius 1 is 1.19 bits per heavy atom. The number of unbranched alkanes of at least 4 members (excludes halogenated alkanes) is 1. The molecule has 37 heavy (non-hydrogen) atoms. The number of esters is 1. The number of carbonyl (C=O) groups excluding carboxylic acids is 1. The molecular weight excluding hydrogens is 494 g/mol. The lowest BCUT2D eigenvalue weighted by Gasteiger charge is -2.15. The smallest absolute Gasteiger partial charge is 0.325 e. The molecule has 194 valence electrons. The first-order valence-electron chi connectivity index (χ1n) is 12.2. The Morgan fingerprint density at radius 2 is 1.95 bits per heavy atom. The van der Waals surface area contributed by atoms with Crippen LogP contribution >= 0.6 is 11.6 Å². The van der Waals surface area contributed by atoms with E-state index in [0.29, 0.717) is 23.2 Å². The molecule has 10 nitrogen and oxygen atoms in total. The van der Waals surface area contributed by atoms with Crippen LogP contribution < -0.4 is 5.32 Å². The number of aliphatic hydroxyl groups excluding tert-OH is 1. The summed E-state index contributed by atoms with van der Waals surface area (Å²) in [6, 6.07) is 15.3. The van der Waals surface area contributed by atoms with Crippen molar-refractivity contribution in [1.82, 2.24) is 35.5 Å². The lowest BCUT2D eigenvalue weighted by atomic mass is 9.98. The van der Waals surface area contributed by atoms with E-state index in [1.807, 2.05) is 28.8 Å². The minimum absolute atomic E-state index is 0.0366. The Hall–Kier alpha value is -3.60. The normalized spacial score (nSPS) is 12.0. The van der Waals surface area contributed by atoms with Crippen molar-refractivity contribution < 1.29 is 14.6 Å². The van der Waals surface area contributed by atoms with Gasteiger partial charge in [-0.15, -0.1) is 10.2 Å². The number of halogens is 1. The van der Waals surface area contributed by atoms with Crippen molar-refractivity contribution in [2.75, 3.05) is 13.7 Å². The maximum absolute atomic E-state index is 12.3. The van der Waals surface area contributed by atoms with Crippen molar-refractivity contribution in [2.24, 2.45) is 0 Å². The monoisotopic (exact) mass is 523 g/mol. The van der Waals surface area contributed by atoms with Gasteiger partial charge in [-0.2, -0.15) is 5.21 Å². The number of benzene rings is 2. The average Bonchev–Trinajstić information content (AvgIpc) is 3.56. The van der Waals surface area contributed by atoms with Gasteiger partial charge in [-0.25, -0.2) is 4.98 Å². The summed E-state index contributed by atoms with van der Waals surface area (Å²) in [6.45, 7) is 2.25. The van der Waals surface area contributed by atoms with Gasteiger partial charge in [0.05, 0.1) is 12.3 Å². The average molecular weight is 524 g/mol. The predicted molar refractivity (Wildman–Crippen MR) is 140 cm³/mol. The molecule has 0 spiro atoms. The Kier molecular flexibility index (Phi) is 8.99. The summed E-state index contributed by atoms with van der Waals surface area (Å²) in [7, 11) is 1.59. The molecule has 0 aliphatic carbocycles. The van der Waals surface area contributed by atoms with Gasteiger partial charge in [-0.3, -0.25) is 4.79 Å². The zero-order valence-electron chi connectivity index (χ0n) is 20.8. The molecule has 0 saturated heterocycles. The van der Waals surface area contributed by atoms with Crippen molar-refractivity contribution in [3.8, 4) is 22.5 Å². The van der Waals surface area contributed by atoms with Crippen molar-refractivity contribution in [3.05, 3.63) is 70.8 Å². The summed E-state index contributed by atoms with van der Waals surface area (Å²) in [6.07, 6.45) is 2.74. The van der Waals surface area contributed by atoms with Gasteiger partial charge < -0.3 is 19.7 Å². The van der Waals surface area contributed by atoms with Crippen molar-refractivity contribution in [1.29, 1.82) is 0 Å². The summed E-state index contributed by atoms with van der Waals surface area (Å²) in [5.41, 5.74) is 4.58. The third kappa shape index (κ3) is 6.22. The minimum Gasteiger partial charge on any atom is -0.458 e. The molecule has 0 fully saturated rings. The summed E-state index contributed by atoms with van der Waals surface area (Å²) in [5, 5.41) is 26.8. The van der Waals surface area contributed by atoms with Crippen LogP contribution in [0.4, 0.5) is 0 Å². The third-order valence-electron chi connectivity index (χ3n) is 6.14. The van der Waals surface area contributed by atoms with Gasteiger partial charge >= 0.3 is 5.97 Å². The number of aromatic nitrogens is 6. The fraction of sp³-hybridized carbons (Fsp3) is 0.346. The zero-order valence-corrected chi connectivity index (χ0v) is 21.6. The number of carbonyl (C=O) groups is 1. The van der Waals surface area contributed by atoms with E-state index >= 15 is 0 Å².